The van der Waals surface area contributed by atoms with E-state index in [2.05, 4.69) is 10.1 Å². The molecule has 0 fully saturated rings. The molecule has 0 aliphatic rings. The van der Waals surface area contributed by atoms with Crippen molar-refractivity contribution in [3.05, 3.63) is 60.2 Å². The van der Waals surface area contributed by atoms with Crippen molar-refractivity contribution in [2.24, 2.45) is 0 Å². The predicted octanol–water partition coefficient (Wildman–Crippen LogP) is 5.15. The Balaban J connectivity index is 1.93. The highest BCUT2D eigenvalue weighted by Gasteiger charge is 2.28. The van der Waals surface area contributed by atoms with Crippen molar-refractivity contribution in [3.8, 4) is 0 Å². The molecule has 0 radical (unpaired) electrons. The van der Waals surface area contributed by atoms with Crippen LogP contribution in [0.2, 0.25) is 0 Å². The Morgan fingerprint density at radius 2 is 1.68 bits per heavy atom. The maximum absolute atomic E-state index is 12.3. The lowest BCUT2D eigenvalue weighted by molar-refractivity contribution is -0.111. The summed E-state index contributed by atoms with van der Waals surface area (Å²) in [7, 11) is 2.84. The molecular formula is C19H17F3N2O3S. The highest BCUT2D eigenvalue weighted by molar-refractivity contribution is 8.00. The minimum Gasteiger partial charge on any atom is -0.452 e. The molecular weight excluding hydrogens is 393 g/mol. The second-order valence-corrected chi connectivity index (χ2v) is 6.65. The fourth-order valence-electron chi connectivity index (χ4n) is 2.15. The molecule has 0 aromatic heterocycles. The van der Waals surface area contributed by atoms with Gasteiger partial charge in [-0.3, -0.25) is 9.69 Å². The number of hydrogen-bond acceptors (Lipinski definition) is 4. The van der Waals surface area contributed by atoms with Crippen LogP contribution in [0.3, 0.4) is 0 Å². The minimum absolute atomic E-state index is 0.0751. The zero-order valence-electron chi connectivity index (χ0n) is 15.0. The van der Waals surface area contributed by atoms with Gasteiger partial charge in [0.1, 0.15) is 0 Å². The van der Waals surface area contributed by atoms with Gasteiger partial charge in [0.25, 0.3) is 0 Å². The van der Waals surface area contributed by atoms with Gasteiger partial charge in [-0.15, -0.1) is 0 Å². The average Bonchev–Trinajstić information content (AvgIpc) is 2.65. The number of benzene rings is 2. The Hall–Kier alpha value is -2.94. The molecule has 0 aliphatic carbocycles. The van der Waals surface area contributed by atoms with E-state index in [1.54, 1.807) is 31.3 Å². The van der Waals surface area contributed by atoms with Gasteiger partial charge < -0.3 is 10.1 Å². The van der Waals surface area contributed by atoms with Gasteiger partial charge in [-0.05, 0) is 59.8 Å². The highest BCUT2D eigenvalue weighted by atomic mass is 32.2. The Bertz CT molecular complexity index is 850. The van der Waals surface area contributed by atoms with Crippen molar-refractivity contribution in [2.75, 3.05) is 24.4 Å². The monoisotopic (exact) mass is 410 g/mol. The fraction of sp³-hybridized carbons (Fsp3) is 0.158. The number of thioether (sulfide) groups is 1. The van der Waals surface area contributed by atoms with Crippen molar-refractivity contribution in [1.29, 1.82) is 0 Å². The van der Waals surface area contributed by atoms with Gasteiger partial charge in [0.2, 0.25) is 5.91 Å². The van der Waals surface area contributed by atoms with E-state index in [4.69, 9.17) is 0 Å². The molecule has 0 atom stereocenters. The summed E-state index contributed by atoms with van der Waals surface area (Å²) in [5, 5.41) is 2.65. The smallest absolute Gasteiger partial charge is 0.446 e. The number of halogens is 3. The third-order valence-electron chi connectivity index (χ3n) is 3.51. The lowest BCUT2D eigenvalue weighted by Gasteiger charge is -2.15. The molecule has 28 heavy (non-hydrogen) atoms. The van der Waals surface area contributed by atoms with Crippen molar-refractivity contribution in [3.63, 3.8) is 0 Å². The maximum atomic E-state index is 12.3. The number of nitrogens with one attached hydrogen (secondary N) is 1. The standard InChI is InChI=1S/C19H17F3N2O3S/c1-24(18(26)27-2)15-8-6-14(7-9-15)23-17(25)12-5-13-3-10-16(11-4-13)28-19(20,21)22/h3-12H,1-2H3,(H,23,25)/b12-5+. The van der Waals surface area contributed by atoms with E-state index in [9.17, 15) is 22.8 Å². The van der Waals surface area contributed by atoms with Crippen LogP contribution in [0.25, 0.3) is 6.08 Å². The number of carbonyl (C=O) groups excluding carboxylic acids is 2. The number of ether oxygens (including phenoxy) is 1. The first kappa shape index (κ1) is 21.4. The molecule has 9 heteroatoms. The molecule has 5 nitrogen and oxygen atoms in total. The summed E-state index contributed by atoms with van der Waals surface area (Å²) < 4.78 is 41.5. The number of amides is 2. The van der Waals surface area contributed by atoms with Gasteiger partial charge in [0.15, 0.2) is 0 Å². The molecule has 0 aliphatic heterocycles. The van der Waals surface area contributed by atoms with Gasteiger partial charge >= 0.3 is 11.6 Å². The molecule has 1 N–H and O–H groups in total. The van der Waals surface area contributed by atoms with E-state index >= 15 is 0 Å². The van der Waals surface area contributed by atoms with Crippen LogP contribution < -0.4 is 10.2 Å². The molecule has 2 rings (SSSR count). The summed E-state index contributed by atoms with van der Waals surface area (Å²) in [5.74, 6) is -0.400. The zero-order chi connectivity index (χ0) is 20.7. The van der Waals surface area contributed by atoms with Crippen LogP contribution in [0.5, 0.6) is 0 Å². The van der Waals surface area contributed by atoms with E-state index in [0.717, 1.165) is 0 Å². The number of nitrogens with zero attached hydrogens (tertiary/aromatic N) is 1. The second-order valence-electron chi connectivity index (χ2n) is 5.52. The van der Waals surface area contributed by atoms with Crippen LogP contribution in [-0.2, 0) is 9.53 Å². The summed E-state index contributed by atoms with van der Waals surface area (Å²) in [4.78, 5) is 24.8. The average molecular weight is 410 g/mol. The van der Waals surface area contributed by atoms with E-state index in [1.807, 2.05) is 0 Å². The van der Waals surface area contributed by atoms with Crippen molar-refractivity contribution in [1.82, 2.24) is 0 Å². The highest BCUT2D eigenvalue weighted by Crippen LogP contribution is 2.36. The summed E-state index contributed by atoms with van der Waals surface area (Å²) in [6, 6.07) is 12.2. The molecule has 2 amide bonds. The summed E-state index contributed by atoms with van der Waals surface area (Å²) in [6.45, 7) is 0. The minimum atomic E-state index is -4.33. The number of anilines is 2. The van der Waals surface area contributed by atoms with Crippen LogP contribution in [0.1, 0.15) is 5.56 Å². The second kappa shape index (κ2) is 9.32. The Labute approximate surface area is 164 Å². The molecule has 0 heterocycles. The van der Waals surface area contributed by atoms with Gasteiger partial charge in [0.05, 0.1) is 7.11 Å². The normalized spacial score (nSPS) is 11.3. The molecule has 0 spiro atoms. The SMILES string of the molecule is COC(=O)N(C)c1ccc(NC(=O)/C=C/c2ccc(SC(F)(F)F)cc2)cc1. The molecule has 2 aromatic carbocycles. The maximum Gasteiger partial charge on any atom is 0.446 e. The Morgan fingerprint density at radius 1 is 1.07 bits per heavy atom. The first-order valence-electron chi connectivity index (χ1n) is 7.94. The molecule has 2 aromatic rings. The predicted molar refractivity (Wildman–Crippen MR) is 103 cm³/mol. The van der Waals surface area contributed by atoms with E-state index in [1.165, 1.54) is 48.4 Å². The number of carbonyl (C=O) groups is 2. The first-order chi connectivity index (χ1) is 13.2. The van der Waals surface area contributed by atoms with Gasteiger partial charge in [0, 0.05) is 29.4 Å². The molecule has 0 saturated heterocycles. The largest absolute Gasteiger partial charge is 0.452 e. The van der Waals surface area contributed by atoms with Crippen molar-refractivity contribution < 1.29 is 27.5 Å². The number of alkyl halides is 3. The summed E-state index contributed by atoms with van der Waals surface area (Å²) in [5.41, 5.74) is -2.62. The van der Waals surface area contributed by atoms with Crippen LogP contribution in [0.4, 0.5) is 29.3 Å². The van der Waals surface area contributed by atoms with Crippen LogP contribution in [0, 0.1) is 0 Å². The lowest BCUT2D eigenvalue weighted by atomic mass is 10.2. The van der Waals surface area contributed by atoms with E-state index in [-0.39, 0.29) is 16.7 Å². The molecule has 0 bridgehead atoms. The molecule has 148 valence electrons. The summed E-state index contributed by atoms with van der Waals surface area (Å²) in [6.07, 6.45) is 2.26. The topological polar surface area (TPSA) is 58.6 Å². The van der Waals surface area contributed by atoms with Crippen LogP contribution in [-0.4, -0.2) is 31.7 Å². The zero-order valence-corrected chi connectivity index (χ0v) is 15.8. The first-order valence-corrected chi connectivity index (χ1v) is 8.76. The van der Waals surface area contributed by atoms with Crippen LogP contribution in [0.15, 0.2) is 59.5 Å². The van der Waals surface area contributed by atoms with Crippen LogP contribution >= 0.6 is 11.8 Å². The quantitative estimate of drug-likeness (QED) is 0.547. The Morgan fingerprint density at radius 3 is 2.21 bits per heavy atom. The third-order valence-corrected chi connectivity index (χ3v) is 4.25. The van der Waals surface area contributed by atoms with Gasteiger partial charge in [-0.1, -0.05) is 12.1 Å². The van der Waals surface area contributed by atoms with Gasteiger partial charge in [-0.25, -0.2) is 4.79 Å². The van der Waals surface area contributed by atoms with Crippen molar-refractivity contribution >= 4 is 41.2 Å². The van der Waals surface area contributed by atoms with E-state index in [0.29, 0.717) is 16.9 Å². The lowest BCUT2D eigenvalue weighted by Crippen LogP contribution is -2.25. The summed E-state index contributed by atoms with van der Waals surface area (Å²) >= 11 is -0.194. The fourth-order valence-corrected chi connectivity index (χ4v) is 2.69. The third kappa shape index (κ3) is 6.66. The molecule has 0 unspecified atom stereocenters. The van der Waals surface area contributed by atoms with Gasteiger partial charge in [-0.2, -0.15) is 13.2 Å². The van der Waals surface area contributed by atoms with E-state index < -0.39 is 17.5 Å². The number of rotatable bonds is 5. The van der Waals surface area contributed by atoms with Crippen molar-refractivity contribution in [2.45, 2.75) is 10.4 Å². The Kier molecular flexibility index (Phi) is 7.11. The number of methoxy groups -OCH3 is 1. The number of hydrogen-bond donors (Lipinski definition) is 1. The molecule has 0 saturated carbocycles.